The number of nitrogens with zero attached hydrogens (tertiary/aromatic N) is 4. The number of fused-ring (bicyclic) bond motifs is 5. The third-order valence-corrected chi connectivity index (χ3v) is 11.1. The molecule has 0 fully saturated rings. The maximum atomic E-state index is 5.26. The summed E-state index contributed by atoms with van der Waals surface area (Å²) >= 11 is 0. The highest BCUT2D eigenvalue weighted by atomic mass is 15.0. The average molecular weight is 727 g/mol. The van der Waals surface area contributed by atoms with Crippen molar-refractivity contribution in [2.75, 3.05) is 0 Å². The molecular formula is C53H34N4. The third-order valence-electron chi connectivity index (χ3n) is 11.1. The number of hydrogen-bond donors (Lipinski definition) is 0. The second-order valence-electron chi connectivity index (χ2n) is 14.4. The van der Waals surface area contributed by atoms with Crippen LogP contribution >= 0.6 is 0 Å². The predicted molar refractivity (Wildman–Crippen MR) is 236 cm³/mol. The maximum absolute atomic E-state index is 5.26. The first kappa shape index (κ1) is 32.7. The molecule has 0 atom stereocenters. The number of aromatic nitrogens is 4. The molecule has 0 amide bonds. The van der Waals surface area contributed by atoms with Crippen LogP contribution in [0.5, 0.6) is 0 Å². The molecule has 0 aliphatic heterocycles. The van der Waals surface area contributed by atoms with Gasteiger partial charge in [-0.05, 0) is 62.5 Å². The fourth-order valence-corrected chi connectivity index (χ4v) is 8.26. The summed E-state index contributed by atoms with van der Waals surface area (Å²) in [6.45, 7) is 0. The van der Waals surface area contributed by atoms with Crippen LogP contribution in [0.4, 0.5) is 0 Å². The minimum atomic E-state index is 0.614. The summed E-state index contributed by atoms with van der Waals surface area (Å²) in [7, 11) is 0. The van der Waals surface area contributed by atoms with Gasteiger partial charge in [0, 0.05) is 33.0 Å². The van der Waals surface area contributed by atoms with E-state index in [4.69, 9.17) is 15.0 Å². The van der Waals surface area contributed by atoms with Gasteiger partial charge in [-0.1, -0.05) is 182 Å². The Bertz CT molecular complexity index is 3230. The number of hydrogen-bond acceptors (Lipinski definition) is 3. The topological polar surface area (TPSA) is 43.6 Å². The monoisotopic (exact) mass is 726 g/mol. The van der Waals surface area contributed by atoms with E-state index in [9.17, 15) is 0 Å². The summed E-state index contributed by atoms with van der Waals surface area (Å²) in [5.74, 6) is 1.87. The first-order valence-corrected chi connectivity index (χ1v) is 19.3. The highest BCUT2D eigenvalue weighted by Crippen LogP contribution is 2.39. The maximum Gasteiger partial charge on any atom is 0.164 e. The van der Waals surface area contributed by atoms with Gasteiger partial charge >= 0.3 is 0 Å². The molecule has 4 heteroatoms. The molecule has 9 aromatic carbocycles. The van der Waals surface area contributed by atoms with Crippen molar-refractivity contribution in [3.8, 4) is 62.1 Å². The Labute approximate surface area is 330 Å². The van der Waals surface area contributed by atoms with Crippen LogP contribution in [0.3, 0.4) is 0 Å². The number of para-hydroxylation sites is 2. The fraction of sp³-hybridized carbons (Fsp3) is 0. The van der Waals surface area contributed by atoms with Crippen LogP contribution in [0, 0.1) is 0 Å². The molecule has 0 saturated heterocycles. The first-order valence-electron chi connectivity index (χ1n) is 19.3. The Balaban J connectivity index is 1.12. The second kappa shape index (κ2) is 13.6. The lowest BCUT2D eigenvalue weighted by molar-refractivity contribution is 1.07. The highest BCUT2D eigenvalue weighted by Gasteiger charge is 2.19. The summed E-state index contributed by atoms with van der Waals surface area (Å²) in [5, 5.41) is 7.11. The summed E-state index contributed by atoms with van der Waals surface area (Å²) in [5.41, 5.74) is 10.7. The van der Waals surface area contributed by atoms with Crippen LogP contribution in [0.1, 0.15) is 0 Å². The van der Waals surface area contributed by atoms with Gasteiger partial charge in [0.15, 0.2) is 17.5 Å². The largest absolute Gasteiger partial charge is 0.309 e. The van der Waals surface area contributed by atoms with Crippen LogP contribution in [-0.2, 0) is 0 Å². The van der Waals surface area contributed by atoms with E-state index in [0.717, 1.165) is 60.9 Å². The zero-order valence-electron chi connectivity index (χ0n) is 30.9. The van der Waals surface area contributed by atoms with E-state index in [-0.39, 0.29) is 0 Å². The van der Waals surface area contributed by atoms with Gasteiger partial charge in [0.05, 0.1) is 16.7 Å². The van der Waals surface area contributed by atoms with Crippen LogP contribution in [0.25, 0.3) is 105 Å². The molecule has 0 radical (unpaired) electrons. The second-order valence-corrected chi connectivity index (χ2v) is 14.4. The lowest BCUT2D eigenvalue weighted by Crippen LogP contribution is -2.02. The van der Waals surface area contributed by atoms with Crippen molar-refractivity contribution in [1.82, 2.24) is 19.5 Å². The summed E-state index contributed by atoms with van der Waals surface area (Å²) in [6, 6.07) is 72.9. The number of benzene rings is 9. The summed E-state index contributed by atoms with van der Waals surface area (Å²) in [6.07, 6.45) is 0. The van der Waals surface area contributed by atoms with E-state index in [1.165, 1.54) is 27.1 Å². The first-order chi connectivity index (χ1) is 28.2. The van der Waals surface area contributed by atoms with Gasteiger partial charge in [-0.2, -0.15) is 0 Å². The average Bonchev–Trinajstić information content (AvgIpc) is 3.63. The van der Waals surface area contributed by atoms with Gasteiger partial charge < -0.3 is 4.57 Å². The molecule has 2 heterocycles. The van der Waals surface area contributed by atoms with Gasteiger partial charge in [-0.15, -0.1) is 0 Å². The molecule has 0 aliphatic rings. The Morgan fingerprint density at radius 3 is 1.58 bits per heavy atom. The van der Waals surface area contributed by atoms with Crippen LogP contribution in [0.15, 0.2) is 206 Å². The zero-order chi connectivity index (χ0) is 37.7. The van der Waals surface area contributed by atoms with Crippen molar-refractivity contribution >= 4 is 43.4 Å². The lowest BCUT2D eigenvalue weighted by atomic mass is 9.99. The van der Waals surface area contributed by atoms with Crippen LogP contribution in [0.2, 0.25) is 0 Å². The predicted octanol–water partition coefficient (Wildman–Crippen LogP) is 13.6. The quantitative estimate of drug-likeness (QED) is 0.171. The van der Waals surface area contributed by atoms with Crippen molar-refractivity contribution in [3.63, 3.8) is 0 Å². The molecule has 11 aromatic rings. The molecule has 0 N–H and O–H groups in total. The molecule has 0 unspecified atom stereocenters. The van der Waals surface area contributed by atoms with Crippen molar-refractivity contribution in [2.24, 2.45) is 0 Å². The van der Waals surface area contributed by atoms with E-state index < -0.39 is 0 Å². The lowest BCUT2D eigenvalue weighted by Gasteiger charge is -2.16. The molecule has 4 nitrogen and oxygen atoms in total. The van der Waals surface area contributed by atoms with Crippen LogP contribution < -0.4 is 0 Å². The molecule has 0 aliphatic carbocycles. The van der Waals surface area contributed by atoms with Crippen molar-refractivity contribution in [3.05, 3.63) is 206 Å². The molecule has 0 spiro atoms. The Hall–Kier alpha value is -7.69. The standard InChI is InChI=1S/C53H34N4/c1-2-14-38(15-3-1)44-32-31-42(34-50(44)57-48-23-10-8-20-45(48)46-21-9-11-24-49(46)57)52-54-51(55-53(56-52)47-22-12-18-37-16-6-7-19-43(37)47)39-28-25-36(26-29-39)41-30-27-35-13-4-5-17-40(35)33-41/h1-34H. The van der Waals surface area contributed by atoms with Gasteiger partial charge in [0.1, 0.15) is 0 Å². The Kier molecular flexibility index (Phi) is 7.78. The van der Waals surface area contributed by atoms with E-state index in [2.05, 4.69) is 211 Å². The molecular weight excluding hydrogens is 693 g/mol. The van der Waals surface area contributed by atoms with Crippen molar-refractivity contribution in [2.45, 2.75) is 0 Å². The van der Waals surface area contributed by atoms with E-state index in [1.54, 1.807) is 0 Å². The third kappa shape index (κ3) is 5.74. The van der Waals surface area contributed by atoms with Crippen molar-refractivity contribution in [1.29, 1.82) is 0 Å². The Morgan fingerprint density at radius 2 is 0.825 bits per heavy atom. The smallest absolute Gasteiger partial charge is 0.164 e. The van der Waals surface area contributed by atoms with Gasteiger partial charge in [-0.3, -0.25) is 0 Å². The highest BCUT2D eigenvalue weighted by molar-refractivity contribution is 6.10. The molecule has 0 bridgehead atoms. The van der Waals surface area contributed by atoms with Crippen molar-refractivity contribution < 1.29 is 0 Å². The van der Waals surface area contributed by atoms with Gasteiger partial charge in [-0.25, -0.2) is 15.0 Å². The summed E-state index contributed by atoms with van der Waals surface area (Å²) in [4.78, 5) is 15.7. The molecule has 57 heavy (non-hydrogen) atoms. The normalized spacial score (nSPS) is 11.5. The minimum absolute atomic E-state index is 0.614. The summed E-state index contributed by atoms with van der Waals surface area (Å²) < 4.78 is 2.38. The SMILES string of the molecule is c1ccc(-c2ccc(-c3nc(-c4ccc(-c5ccc6ccccc6c5)cc4)nc(-c4cccc5ccccc45)n3)cc2-n2c3ccccc3c3ccccc32)cc1. The van der Waals surface area contributed by atoms with Gasteiger partial charge in [0.2, 0.25) is 0 Å². The fourth-order valence-electron chi connectivity index (χ4n) is 8.26. The molecule has 11 rings (SSSR count). The van der Waals surface area contributed by atoms with Gasteiger partial charge in [0.25, 0.3) is 0 Å². The molecule has 266 valence electrons. The minimum Gasteiger partial charge on any atom is -0.309 e. The van der Waals surface area contributed by atoms with E-state index in [1.807, 2.05) is 0 Å². The zero-order valence-corrected chi connectivity index (χ0v) is 30.9. The molecule has 0 saturated carbocycles. The van der Waals surface area contributed by atoms with Crippen LogP contribution in [-0.4, -0.2) is 19.5 Å². The van der Waals surface area contributed by atoms with E-state index >= 15 is 0 Å². The number of rotatable bonds is 6. The van der Waals surface area contributed by atoms with E-state index in [0.29, 0.717) is 17.5 Å². The Morgan fingerprint density at radius 1 is 0.281 bits per heavy atom. The molecule has 2 aromatic heterocycles.